The normalized spacial score (nSPS) is 4.17. The molecule has 2 heteroatoms. The summed E-state index contributed by atoms with van der Waals surface area (Å²) in [4.78, 5) is 9.05. The van der Waals surface area contributed by atoms with Gasteiger partial charge < -0.3 is 12.2 Å². The minimum Gasteiger partial charge on any atom is -0.542 e. The Hall–Kier alpha value is 0.410. The summed E-state index contributed by atoms with van der Waals surface area (Å²) >= 11 is 0. The van der Waals surface area contributed by atoms with Crippen molar-refractivity contribution in [2.75, 3.05) is 0 Å². The van der Waals surface area contributed by atoms with Crippen LogP contribution in [0.1, 0.15) is 13.3 Å². The molecule has 0 aromatic carbocycles. The van der Waals surface area contributed by atoms with Crippen molar-refractivity contribution in [2.45, 2.75) is 13.3 Å². The van der Waals surface area contributed by atoms with E-state index in [9.17, 15) is 0 Å². The quantitative estimate of drug-likeness (QED) is 0.636. The number of hydrogen-bond acceptors (Lipinski definition) is 1. The fourth-order valence-corrected chi connectivity index (χ4v) is 0. The molecule has 0 unspecified atom stereocenters. The van der Waals surface area contributed by atoms with Crippen LogP contribution >= 0.6 is 0 Å². The molecule has 0 atom stereocenters. The minimum atomic E-state index is 0. The van der Waals surface area contributed by atoms with Crippen LogP contribution in [0, 0.1) is 7.43 Å². The van der Waals surface area contributed by atoms with Crippen molar-refractivity contribution < 1.29 is 27.2 Å². The van der Waals surface area contributed by atoms with Crippen LogP contribution in [0.2, 0.25) is 0 Å². The van der Waals surface area contributed by atoms with Gasteiger partial charge in [0, 0.05) is 0 Å². The largest absolute Gasteiger partial charge is 2.00 e. The molecule has 0 bridgehead atoms. The van der Waals surface area contributed by atoms with Gasteiger partial charge in [-0.15, -0.1) is 0 Å². The first-order valence-electron chi connectivity index (χ1n) is 1.26. The average Bonchev–Trinajstić information content (AvgIpc) is 1.37. The molecule has 0 fully saturated rings. The number of hydrogen-bond donors (Lipinski definition) is 0. The topological polar surface area (TPSA) is 17.1 Å². The second kappa shape index (κ2) is 18.1. The summed E-state index contributed by atoms with van der Waals surface area (Å²) < 4.78 is 0. The van der Waals surface area contributed by atoms with Crippen LogP contribution in [0.3, 0.4) is 0 Å². The molecule has 6 heavy (non-hydrogen) atoms. The average molecular weight is 253 g/mol. The molecule has 0 rings (SSSR count). The van der Waals surface area contributed by atoms with Crippen LogP contribution in [-0.4, -0.2) is 6.29 Å². The van der Waals surface area contributed by atoms with E-state index in [0.717, 1.165) is 0 Å². The molecular weight excluding hydrogens is 245 g/mol. The van der Waals surface area contributed by atoms with Crippen molar-refractivity contribution >= 4 is 6.29 Å². The molecule has 35 valence electrons. The SMILES string of the molecule is CC[C-]=O.[CH3-].[Ta+2]. The molecule has 0 amide bonds. The second-order valence-corrected chi connectivity index (χ2v) is 0.498. The van der Waals surface area contributed by atoms with Crippen molar-refractivity contribution in [3.63, 3.8) is 0 Å². The van der Waals surface area contributed by atoms with Crippen LogP contribution in [-0.2, 0) is 27.2 Å². The Bertz CT molecular complexity index is 21.5. The molecule has 0 saturated carbocycles. The van der Waals surface area contributed by atoms with E-state index in [4.69, 9.17) is 4.79 Å². The molecule has 0 N–H and O–H groups in total. The van der Waals surface area contributed by atoms with Crippen LogP contribution in [0.15, 0.2) is 0 Å². The van der Waals surface area contributed by atoms with Gasteiger partial charge in [0.2, 0.25) is 0 Å². The van der Waals surface area contributed by atoms with Crippen molar-refractivity contribution in [3.8, 4) is 0 Å². The summed E-state index contributed by atoms with van der Waals surface area (Å²) in [6, 6.07) is 0. The fraction of sp³-hybridized carbons (Fsp3) is 0.500. The number of carbonyl (C=O) groups excluding carboxylic acids is 1. The van der Waals surface area contributed by atoms with E-state index in [1.54, 1.807) is 13.2 Å². The molecule has 0 spiro atoms. The molecule has 0 aliphatic heterocycles. The third kappa shape index (κ3) is 25.8. The van der Waals surface area contributed by atoms with E-state index in [-0.39, 0.29) is 29.8 Å². The van der Waals surface area contributed by atoms with E-state index in [0.29, 0.717) is 6.42 Å². The predicted molar refractivity (Wildman–Crippen MR) is 22.4 cm³/mol. The van der Waals surface area contributed by atoms with Gasteiger partial charge in [-0.25, -0.2) is 0 Å². The van der Waals surface area contributed by atoms with Gasteiger partial charge >= 0.3 is 22.4 Å². The first kappa shape index (κ1) is 16.1. The van der Waals surface area contributed by atoms with Crippen molar-refractivity contribution in [3.05, 3.63) is 7.43 Å². The Morgan fingerprint density at radius 2 is 1.83 bits per heavy atom. The number of rotatable bonds is 1. The summed E-state index contributed by atoms with van der Waals surface area (Å²) in [5.41, 5.74) is 0. The van der Waals surface area contributed by atoms with Gasteiger partial charge in [0.05, 0.1) is 0 Å². The van der Waals surface area contributed by atoms with E-state index in [2.05, 4.69) is 0 Å². The zero-order chi connectivity index (χ0) is 3.41. The summed E-state index contributed by atoms with van der Waals surface area (Å²) in [5, 5.41) is 0. The molecule has 1 nitrogen and oxygen atoms in total. The van der Waals surface area contributed by atoms with Gasteiger partial charge in [0.25, 0.3) is 0 Å². The van der Waals surface area contributed by atoms with Gasteiger partial charge in [-0.3, -0.25) is 6.29 Å². The maximum Gasteiger partial charge on any atom is 2.00 e. The smallest absolute Gasteiger partial charge is 0.542 e. The molecule has 0 saturated heterocycles. The summed E-state index contributed by atoms with van der Waals surface area (Å²) in [5.74, 6) is 0. The van der Waals surface area contributed by atoms with Crippen LogP contribution in [0.25, 0.3) is 0 Å². The molecule has 0 aromatic heterocycles. The zero-order valence-corrected chi connectivity index (χ0v) is 7.28. The Morgan fingerprint density at radius 1 is 1.67 bits per heavy atom. The summed E-state index contributed by atoms with van der Waals surface area (Å²) in [7, 11) is 0. The molecule has 0 aromatic rings. The van der Waals surface area contributed by atoms with Crippen molar-refractivity contribution in [2.24, 2.45) is 0 Å². The zero-order valence-electron chi connectivity index (χ0n) is 4.06. The molecular formula is C4H8OTa. The second-order valence-electron chi connectivity index (χ2n) is 0.498. The maximum atomic E-state index is 9.05. The first-order valence-corrected chi connectivity index (χ1v) is 1.26. The molecule has 1 radical (unpaired) electrons. The van der Waals surface area contributed by atoms with Crippen LogP contribution < -0.4 is 0 Å². The summed E-state index contributed by atoms with van der Waals surface area (Å²) in [6.07, 6.45) is 2.19. The van der Waals surface area contributed by atoms with Crippen molar-refractivity contribution in [1.82, 2.24) is 0 Å². The monoisotopic (exact) mass is 253 g/mol. The molecule has 0 aliphatic carbocycles. The first-order chi connectivity index (χ1) is 1.91. The Balaban J connectivity index is -0.0000000450. The van der Waals surface area contributed by atoms with Crippen LogP contribution in [0.5, 0.6) is 0 Å². The van der Waals surface area contributed by atoms with E-state index in [1.807, 2.05) is 0 Å². The van der Waals surface area contributed by atoms with Crippen molar-refractivity contribution in [1.29, 1.82) is 0 Å². The standard InChI is InChI=1S/C3H5O.CH3.Ta/c1-2-3-4;;/h2H2,1H3;1H3;/q2*-1;+2. The van der Waals surface area contributed by atoms with Gasteiger partial charge in [-0.2, -0.15) is 6.42 Å². The molecule has 0 heterocycles. The Morgan fingerprint density at radius 3 is 1.83 bits per heavy atom. The van der Waals surface area contributed by atoms with Gasteiger partial charge in [-0.1, -0.05) is 6.92 Å². The van der Waals surface area contributed by atoms with Gasteiger partial charge in [-0.05, 0) is 0 Å². The van der Waals surface area contributed by atoms with E-state index < -0.39 is 0 Å². The third-order valence-corrected chi connectivity index (χ3v) is 0.144. The molecule has 0 aliphatic rings. The maximum absolute atomic E-state index is 9.05. The van der Waals surface area contributed by atoms with E-state index in [1.165, 1.54) is 0 Å². The van der Waals surface area contributed by atoms with Crippen LogP contribution in [0.4, 0.5) is 0 Å². The van der Waals surface area contributed by atoms with E-state index >= 15 is 0 Å². The fourth-order valence-electron chi connectivity index (χ4n) is 0. The van der Waals surface area contributed by atoms with Gasteiger partial charge in [0.1, 0.15) is 0 Å². The predicted octanol–water partition coefficient (Wildman–Crippen LogP) is 0.954. The summed E-state index contributed by atoms with van der Waals surface area (Å²) in [6.45, 7) is 1.76. The van der Waals surface area contributed by atoms with Gasteiger partial charge in [0.15, 0.2) is 0 Å². The minimum absolute atomic E-state index is 0. The Kier molecular flexibility index (Phi) is 48.7. The Labute approximate surface area is 54.6 Å². The third-order valence-electron chi connectivity index (χ3n) is 0.144.